The van der Waals surface area contributed by atoms with Crippen molar-refractivity contribution in [3.05, 3.63) is 0 Å². The molecule has 0 aromatic rings. The molecule has 0 radical (unpaired) electrons. The van der Waals surface area contributed by atoms with Crippen molar-refractivity contribution in [3.63, 3.8) is 0 Å². The van der Waals surface area contributed by atoms with Crippen molar-refractivity contribution in [2.75, 3.05) is 36.2 Å². The predicted molar refractivity (Wildman–Crippen MR) is 69.0 cm³/mol. The van der Waals surface area contributed by atoms with E-state index in [9.17, 15) is 17.5 Å². The fourth-order valence-electron chi connectivity index (χ4n) is 0.789. The van der Waals surface area contributed by atoms with Crippen LogP contribution in [0.4, 0.5) is 0 Å². The summed E-state index contributed by atoms with van der Waals surface area (Å²) >= 11 is -1.58. The van der Waals surface area contributed by atoms with Crippen LogP contribution in [-0.2, 0) is 31.1 Å². The molecule has 0 rings (SSSR count). The molecule has 0 aromatic heterocycles. The van der Waals surface area contributed by atoms with E-state index in [1.54, 1.807) is 23.5 Å². The summed E-state index contributed by atoms with van der Waals surface area (Å²) in [6.45, 7) is 0.411. The van der Waals surface area contributed by atoms with Gasteiger partial charge in [0.15, 0.2) is 0 Å². The van der Waals surface area contributed by atoms with E-state index in [0.29, 0.717) is 11.5 Å². The van der Waals surface area contributed by atoms with Gasteiger partial charge in [0.05, 0.1) is 35.9 Å². The van der Waals surface area contributed by atoms with Gasteiger partial charge in [-0.3, -0.25) is 8.37 Å². The van der Waals surface area contributed by atoms with Crippen LogP contribution in [0.3, 0.4) is 0 Å². The molecule has 0 heterocycles. The normalized spacial score (nSPS) is 14.7. The molecule has 0 fully saturated rings. The third kappa shape index (κ3) is 16.8. The van der Waals surface area contributed by atoms with E-state index in [2.05, 4.69) is 8.37 Å². The quantitative estimate of drug-likeness (QED) is 0.377. The highest BCUT2D eigenvalue weighted by molar-refractivity contribution is 8.00. The average molecular weight is 322 g/mol. The molecule has 0 saturated carbocycles. The van der Waals surface area contributed by atoms with Gasteiger partial charge in [-0.2, -0.15) is 23.5 Å². The first-order valence-corrected chi connectivity index (χ1v) is 9.04. The lowest BCUT2D eigenvalue weighted by Crippen LogP contribution is -2.01. The first-order chi connectivity index (χ1) is 8.13. The van der Waals surface area contributed by atoms with E-state index < -0.39 is 22.7 Å². The minimum Gasteiger partial charge on any atom is -0.750 e. The van der Waals surface area contributed by atoms with Crippen LogP contribution < -0.4 is 0 Å². The van der Waals surface area contributed by atoms with Crippen LogP contribution >= 0.6 is 23.5 Å². The minimum atomic E-state index is -2.41. The van der Waals surface area contributed by atoms with Gasteiger partial charge in [0.2, 0.25) is 0 Å². The summed E-state index contributed by atoms with van der Waals surface area (Å²) in [5.74, 6) is 3.15. The molecule has 0 saturated heterocycles. The van der Waals surface area contributed by atoms with Crippen LogP contribution in [0.25, 0.3) is 0 Å². The van der Waals surface area contributed by atoms with E-state index in [1.165, 1.54) is 0 Å². The van der Waals surface area contributed by atoms with Gasteiger partial charge >= 0.3 is 0 Å². The molecule has 2 atom stereocenters. The van der Waals surface area contributed by atoms with Crippen LogP contribution in [0, 0.1) is 0 Å². The maximum atomic E-state index is 9.99. The van der Waals surface area contributed by atoms with Crippen molar-refractivity contribution in [3.8, 4) is 0 Å². The van der Waals surface area contributed by atoms with Crippen LogP contribution in [0.15, 0.2) is 0 Å². The van der Waals surface area contributed by atoms with Crippen molar-refractivity contribution >= 4 is 46.2 Å². The van der Waals surface area contributed by atoms with Crippen molar-refractivity contribution in [1.82, 2.24) is 0 Å². The van der Waals surface area contributed by atoms with Crippen molar-refractivity contribution in [2.45, 2.75) is 6.42 Å². The summed E-state index contributed by atoms with van der Waals surface area (Å²) in [5.41, 5.74) is 0. The second kappa shape index (κ2) is 13.3. The van der Waals surface area contributed by atoms with Gasteiger partial charge in [0.25, 0.3) is 0 Å². The van der Waals surface area contributed by atoms with E-state index in [4.69, 9.17) is 0 Å². The van der Waals surface area contributed by atoms with E-state index >= 15 is 0 Å². The smallest absolute Gasteiger partial charge is 0.0842 e. The molecular formula is C7H14O6S4-2. The maximum absolute atomic E-state index is 9.99. The zero-order valence-corrected chi connectivity index (χ0v) is 12.3. The monoisotopic (exact) mass is 322 g/mol. The average Bonchev–Trinajstić information content (AvgIpc) is 2.25. The number of hydrogen-bond acceptors (Lipinski definition) is 8. The fraction of sp³-hybridized carbons (Fsp3) is 1.00. The second-order valence-corrected chi connectivity index (χ2v) is 6.37. The molecule has 0 aliphatic rings. The zero-order valence-electron chi connectivity index (χ0n) is 9.03. The highest BCUT2D eigenvalue weighted by atomic mass is 32.2. The number of thioether (sulfide) groups is 2. The molecule has 0 bridgehead atoms. The molecule has 0 aromatic carbocycles. The molecule has 17 heavy (non-hydrogen) atoms. The number of hydrogen-bond donors (Lipinski definition) is 0. The second-order valence-electron chi connectivity index (χ2n) is 2.63. The van der Waals surface area contributed by atoms with Crippen LogP contribution in [0.5, 0.6) is 0 Å². The molecule has 2 unspecified atom stereocenters. The Morgan fingerprint density at radius 3 is 1.59 bits per heavy atom. The van der Waals surface area contributed by atoms with Crippen LogP contribution in [-0.4, -0.2) is 53.7 Å². The summed E-state index contributed by atoms with van der Waals surface area (Å²) < 4.78 is 48.6. The van der Waals surface area contributed by atoms with Gasteiger partial charge < -0.3 is 9.11 Å². The fourth-order valence-corrected chi connectivity index (χ4v) is 3.13. The maximum Gasteiger partial charge on any atom is 0.0842 e. The largest absolute Gasteiger partial charge is 0.750 e. The Labute approximate surface area is 115 Å². The Balaban J connectivity index is 2.98. The van der Waals surface area contributed by atoms with Crippen molar-refractivity contribution in [1.29, 1.82) is 0 Å². The lowest BCUT2D eigenvalue weighted by atomic mass is 10.6. The van der Waals surface area contributed by atoms with Crippen molar-refractivity contribution < 1.29 is 25.9 Å². The molecule has 0 aliphatic carbocycles. The first kappa shape index (κ1) is 17.8. The SMILES string of the molecule is O=S([O-])OCCSCCCSCCOS(=O)[O-]. The number of rotatable bonds is 12. The van der Waals surface area contributed by atoms with Crippen LogP contribution in [0.1, 0.15) is 6.42 Å². The van der Waals surface area contributed by atoms with Gasteiger partial charge in [-0.25, -0.2) is 8.42 Å². The zero-order chi connectivity index (χ0) is 12.9. The van der Waals surface area contributed by atoms with E-state index in [1.807, 2.05) is 0 Å². The Bertz CT molecular complexity index is 204. The molecule has 104 valence electrons. The predicted octanol–water partition coefficient (Wildman–Crippen LogP) is 0.464. The topological polar surface area (TPSA) is 98.7 Å². The van der Waals surface area contributed by atoms with Gasteiger partial charge in [0, 0.05) is 11.5 Å². The molecule has 0 amide bonds. The third-order valence-corrected chi connectivity index (χ3v) is 4.18. The van der Waals surface area contributed by atoms with Gasteiger partial charge in [-0.15, -0.1) is 0 Å². The van der Waals surface area contributed by atoms with Gasteiger partial charge in [-0.05, 0) is 17.9 Å². The Hall–Kier alpha value is 0.840. The first-order valence-electron chi connectivity index (χ1n) is 4.73. The molecule has 6 nitrogen and oxygen atoms in total. The summed E-state index contributed by atoms with van der Waals surface area (Å²) in [6, 6.07) is 0. The lowest BCUT2D eigenvalue weighted by Gasteiger charge is -2.06. The van der Waals surface area contributed by atoms with Gasteiger partial charge in [0.1, 0.15) is 0 Å². The van der Waals surface area contributed by atoms with Gasteiger partial charge in [-0.1, -0.05) is 0 Å². The Kier molecular flexibility index (Phi) is 13.9. The Morgan fingerprint density at radius 2 is 1.24 bits per heavy atom. The minimum absolute atomic E-state index is 0.205. The molecule has 10 heteroatoms. The van der Waals surface area contributed by atoms with E-state index in [0.717, 1.165) is 17.9 Å². The summed E-state index contributed by atoms with van der Waals surface area (Å²) in [7, 11) is 0. The summed E-state index contributed by atoms with van der Waals surface area (Å²) in [6.07, 6.45) is 0.982. The molecular weight excluding hydrogens is 308 g/mol. The van der Waals surface area contributed by atoms with Crippen molar-refractivity contribution in [2.24, 2.45) is 0 Å². The molecule has 0 aliphatic heterocycles. The molecule has 0 N–H and O–H groups in total. The lowest BCUT2D eigenvalue weighted by molar-refractivity contribution is 0.319. The summed E-state index contributed by atoms with van der Waals surface area (Å²) in [4.78, 5) is 0. The van der Waals surface area contributed by atoms with E-state index in [-0.39, 0.29) is 13.2 Å². The standard InChI is InChI=1S/C7H16O6S4/c8-16(9)12-2-6-14-4-1-5-15-7-3-13-17(10)11/h1-7H2,(H,8,9)(H,10,11)/p-2. The Morgan fingerprint density at radius 1 is 0.824 bits per heavy atom. The highest BCUT2D eigenvalue weighted by Gasteiger charge is 1.93. The third-order valence-electron chi connectivity index (χ3n) is 1.39. The highest BCUT2D eigenvalue weighted by Crippen LogP contribution is 2.08. The van der Waals surface area contributed by atoms with Crippen LogP contribution in [0.2, 0.25) is 0 Å². The molecule has 0 spiro atoms. The summed E-state index contributed by atoms with van der Waals surface area (Å²) in [5, 5.41) is 0.